The summed E-state index contributed by atoms with van der Waals surface area (Å²) in [4.78, 5) is 15.4. The van der Waals surface area contributed by atoms with E-state index in [1.807, 2.05) is 0 Å². The molecule has 0 fully saturated rings. The van der Waals surface area contributed by atoms with Gasteiger partial charge in [0.25, 0.3) is 0 Å². The van der Waals surface area contributed by atoms with Crippen molar-refractivity contribution >= 4 is 37.6 Å². The number of benzene rings is 1. The van der Waals surface area contributed by atoms with Crippen LogP contribution in [0.15, 0.2) is 36.7 Å². The van der Waals surface area contributed by atoms with E-state index in [0.29, 0.717) is 0 Å². The number of hydrogen-bond acceptors (Lipinski definition) is 5. The standard InChI is InChI=1S/C23H24N4S/c1-2-18-16-10-6-7-11-17(16)19-20-21(28-23(19)27-18)22(26-14-25-20)24-13-12-15-8-4-3-5-9-15/h3-5,8-9,14H,2,6-7,10-13H2,1H3,(H,24,25,26). The summed E-state index contributed by atoms with van der Waals surface area (Å²) in [7, 11) is 0. The van der Waals surface area contributed by atoms with Crippen molar-refractivity contribution in [3.63, 3.8) is 0 Å². The van der Waals surface area contributed by atoms with Crippen LogP contribution in [-0.2, 0) is 25.7 Å². The summed E-state index contributed by atoms with van der Waals surface area (Å²) < 4.78 is 1.14. The fourth-order valence-corrected chi connectivity index (χ4v) is 5.47. The van der Waals surface area contributed by atoms with Gasteiger partial charge in [0.15, 0.2) is 0 Å². The molecule has 0 radical (unpaired) electrons. The first-order chi connectivity index (χ1) is 13.8. The molecule has 0 bridgehead atoms. The third kappa shape index (κ3) is 3.04. The molecule has 1 N–H and O–H groups in total. The number of nitrogens with zero attached hydrogens (tertiary/aromatic N) is 3. The molecule has 1 aromatic carbocycles. The molecule has 0 atom stereocenters. The van der Waals surface area contributed by atoms with Crippen molar-refractivity contribution in [1.82, 2.24) is 15.0 Å². The number of fused-ring (bicyclic) bond motifs is 5. The lowest BCUT2D eigenvalue weighted by Gasteiger charge is -2.19. The Morgan fingerprint density at radius 2 is 1.86 bits per heavy atom. The van der Waals surface area contributed by atoms with Crippen LogP contribution in [0.2, 0.25) is 0 Å². The maximum atomic E-state index is 5.04. The van der Waals surface area contributed by atoms with E-state index in [9.17, 15) is 0 Å². The Morgan fingerprint density at radius 1 is 1.04 bits per heavy atom. The fourth-order valence-electron chi connectivity index (χ4n) is 4.33. The first-order valence-corrected chi connectivity index (χ1v) is 11.0. The van der Waals surface area contributed by atoms with Crippen molar-refractivity contribution in [2.24, 2.45) is 0 Å². The van der Waals surface area contributed by atoms with Gasteiger partial charge >= 0.3 is 0 Å². The molecule has 28 heavy (non-hydrogen) atoms. The molecular formula is C23H24N4S. The molecule has 0 saturated heterocycles. The van der Waals surface area contributed by atoms with Gasteiger partial charge in [-0.15, -0.1) is 11.3 Å². The van der Waals surface area contributed by atoms with Gasteiger partial charge in [0.2, 0.25) is 0 Å². The minimum atomic E-state index is 0.857. The number of nitrogens with one attached hydrogen (secondary N) is 1. The highest BCUT2D eigenvalue weighted by Crippen LogP contribution is 2.40. The topological polar surface area (TPSA) is 50.7 Å². The predicted molar refractivity (Wildman–Crippen MR) is 117 cm³/mol. The van der Waals surface area contributed by atoms with E-state index in [1.54, 1.807) is 17.7 Å². The van der Waals surface area contributed by atoms with E-state index in [0.717, 1.165) is 53.1 Å². The van der Waals surface area contributed by atoms with Gasteiger partial charge < -0.3 is 5.32 Å². The zero-order valence-corrected chi connectivity index (χ0v) is 17.0. The van der Waals surface area contributed by atoms with E-state index in [4.69, 9.17) is 4.98 Å². The molecule has 5 rings (SSSR count). The van der Waals surface area contributed by atoms with Crippen LogP contribution in [0.4, 0.5) is 5.82 Å². The smallest absolute Gasteiger partial charge is 0.147 e. The van der Waals surface area contributed by atoms with Crippen LogP contribution in [0.5, 0.6) is 0 Å². The van der Waals surface area contributed by atoms with Gasteiger partial charge in [-0.05, 0) is 55.2 Å². The quantitative estimate of drug-likeness (QED) is 0.502. The monoisotopic (exact) mass is 388 g/mol. The largest absolute Gasteiger partial charge is 0.368 e. The average molecular weight is 389 g/mol. The zero-order chi connectivity index (χ0) is 18.9. The minimum Gasteiger partial charge on any atom is -0.368 e. The van der Waals surface area contributed by atoms with Gasteiger partial charge in [-0.1, -0.05) is 37.3 Å². The summed E-state index contributed by atoms with van der Waals surface area (Å²) in [5, 5.41) is 4.82. The molecule has 1 aliphatic carbocycles. The zero-order valence-electron chi connectivity index (χ0n) is 16.2. The molecule has 5 heteroatoms. The van der Waals surface area contributed by atoms with Crippen molar-refractivity contribution in [2.75, 3.05) is 11.9 Å². The van der Waals surface area contributed by atoms with Gasteiger partial charge in [0.1, 0.15) is 17.0 Å². The molecule has 3 aromatic heterocycles. The van der Waals surface area contributed by atoms with Crippen molar-refractivity contribution in [3.8, 4) is 0 Å². The van der Waals surface area contributed by atoms with Crippen LogP contribution >= 0.6 is 11.3 Å². The van der Waals surface area contributed by atoms with Gasteiger partial charge in [-0.3, -0.25) is 0 Å². The van der Waals surface area contributed by atoms with Gasteiger partial charge in [0.05, 0.1) is 10.2 Å². The van der Waals surface area contributed by atoms with Gasteiger partial charge in [-0.2, -0.15) is 0 Å². The molecule has 1 aliphatic rings. The minimum absolute atomic E-state index is 0.857. The summed E-state index contributed by atoms with van der Waals surface area (Å²) in [5.41, 5.74) is 6.66. The van der Waals surface area contributed by atoms with E-state index in [2.05, 4.69) is 52.5 Å². The maximum absolute atomic E-state index is 5.04. The van der Waals surface area contributed by atoms with Gasteiger partial charge in [0, 0.05) is 17.6 Å². The normalized spacial score (nSPS) is 13.8. The number of hydrogen-bond donors (Lipinski definition) is 1. The third-order valence-corrected chi connectivity index (χ3v) is 6.77. The molecule has 0 amide bonds. The highest BCUT2D eigenvalue weighted by Gasteiger charge is 2.22. The van der Waals surface area contributed by atoms with Crippen molar-refractivity contribution in [1.29, 1.82) is 0 Å². The Hall–Kier alpha value is -2.53. The highest BCUT2D eigenvalue weighted by molar-refractivity contribution is 7.26. The van der Waals surface area contributed by atoms with Gasteiger partial charge in [-0.25, -0.2) is 15.0 Å². The Bertz CT molecular complexity index is 1130. The van der Waals surface area contributed by atoms with Crippen molar-refractivity contribution in [2.45, 2.75) is 45.4 Å². The molecule has 0 saturated carbocycles. The molecule has 0 spiro atoms. The van der Waals surface area contributed by atoms with E-state index >= 15 is 0 Å². The lowest BCUT2D eigenvalue weighted by molar-refractivity contribution is 0.679. The number of anilines is 1. The Labute approximate surface area is 169 Å². The first kappa shape index (κ1) is 17.6. The maximum Gasteiger partial charge on any atom is 0.147 e. The second kappa shape index (κ2) is 7.47. The Balaban J connectivity index is 1.55. The SMILES string of the molecule is CCc1nc2sc3c(NCCc4ccccc4)ncnc3c2c2c1CCCC2. The molecule has 4 nitrogen and oxygen atoms in total. The molecular weight excluding hydrogens is 364 g/mol. The molecule has 4 aromatic rings. The number of aromatic nitrogens is 3. The molecule has 0 aliphatic heterocycles. The van der Waals surface area contributed by atoms with Crippen LogP contribution in [0.1, 0.15) is 42.1 Å². The number of aryl methyl sites for hydroxylation is 2. The van der Waals surface area contributed by atoms with Crippen LogP contribution < -0.4 is 5.32 Å². The summed E-state index contributed by atoms with van der Waals surface area (Å²) in [6, 6.07) is 10.6. The first-order valence-electron chi connectivity index (χ1n) is 10.2. The lowest BCUT2D eigenvalue weighted by Crippen LogP contribution is -2.08. The third-order valence-electron chi connectivity index (χ3n) is 5.69. The fraction of sp³-hybridized carbons (Fsp3) is 0.348. The van der Waals surface area contributed by atoms with E-state index < -0.39 is 0 Å². The summed E-state index contributed by atoms with van der Waals surface area (Å²) >= 11 is 1.74. The van der Waals surface area contributed by atoms with E-state index in [1.165, 1.54) is 40.6 Å². The number of thiophene rings is 1. The molecule has 0 unspecified atom stereocenters. The second-order valence-corrected chi connectivity index (χ2v) is 8.42. The summed E-state index contributed by atoms with van der Waals surface area (Å²) in [5.74, 6) is 0.937. The van der Waals surface area contributed by atoms with Crippen LogP contribution in [0.25, 0.3) is 20.4 Å². The average Bonchev–Trinajstić information content (AvgIpc) is 3.13. The molecule has 3 heterocycles. The van der Waals surface area contributed by atoms with Crippen LogP contribution in [0, 0.1) is 0 Å². The molecule has 142 valence electrons. The Morgan fingerprint density at radius 3 is 2.68 bits per heavy atom. The van der Waals surface area contributed by atoms with Crippen LogP contribution in [0.3, 0.4) is 0 Å². The number of rotatable bonds is 5. The Kier molecular flexibility index (Phi) is 4.69. The second-order valence-electron chi connectivity index (χ2n) is 7.42. The van der Waals surface area contributed by atoms with Crippen molar-refractivity contribution < 1.29 is 0 Å². The van der Waals surface area contributed by atoms with E-state index in [-0.39, 0.29) is 0 Å². The highest BCUT2D eigenvalue weighted by atomic mass is 32.1. The lowest BCUT2D eigenvalue weighted by atomic mass is 9.88. The predicted octanol–water partition coefficient (Wildman–Crippen LogP) is 5.34. The van der Waals surface area contributed by atoms with Crippen LogP contribution in [-0.4, -0.2) is 21.5 Å². The number of pyridine rings is 1. The van der Waals surface area contributed by atoms with Crippen molar-refractivity contribution in [3.05, 3.63) is 59.0 Å². The summed E-state index contributed by atoms with van der Waals surface area (Å²) in [6.45, 7) is 3.07. The summed E-state index contributed by atoms with van der Waals surface area (Å²) in [6.07, 6.45) is 8.52.